The van der Waals surface area contributed by atoms with E-state index in [1.54, 1.807) is 0 Å². The van der Waals surface area contributed by atoms with E-state index in [0.717, 1.165) is 11.9 Å². The molecule has 0 saturated carbocycles. The van der Waals surface area contributed by atoms with Crippen LogP contribution in [0.1, 0.15) is 26.2 Å². The van der Waals surface area contributed by atoms with Gasteiger partial charge in [0.2, 0.25) is 0 Å². The molecule has 0 spiro atoms. The first-order valence-electron chi connectivity index (χ1n) is 6.82. The zero-order chi connectivity index (χ0) is 13.9. The molecule has 1 aromatic rings. The van der Waals surface area contributed by atoms with Gasteiger partial charge in [0.15, 0.2) is 0 Å². The van der Waals surface area contributed by atoms with Gasteiger partial charge in [0, 0.05) is 17.6 Å². The van der Waals surface area contributed by atoms with Crippen LogP contribution in [0.2, 0.25) is 0 Å². The van der Waals surface area contributed by atoms with E-state index in [-0.39, 0.29) is 0 Å². The molecule has 2 aliphatic heterocycles. The van der Waals surface area contributed by atoms with Gasteiger partial charge in [-0.3, -0.25) is 0 Å². The smallest absolute Gasteiger partial charge is 0.0601 e. The molecule has 2 atom stereocenters. The van der Waals surface area contributed by atoms with Crippen LogP contribution < -0.4 is 5.73 Å². The third kappa shape index (κ3) is 7.61. The van der Waals surface area contributed by atoms with Crippen LogP contribution in [-0.2, 0) is 4.74 Å². The summed E-state index contributed by atoms with van der Waals surface area (Å²) in [5, 5.41) is 3.04. The van der Waals surface area contributed by atoms with E-state index in [2.05, 4.69) is 53.7 Å². The van der Waals surface area contributed by atoms with E-state index in [1.807, 2.05) is 11.3 Å². The summed E-state index contributed by atoms with van der Waals surface area (Å²) in [6.45, 7) is 3.11. The highest BCUT2D eigenvalue weighted by atomic mass is 32.2. The number of nitrogens with two attached hydrogens (primary N) is 1. The zero-order valence-electron chi connectivity index (χ0n) is 11.8. The molecule has 0 amide bonds. The van der Waals surface area contributed by atoms with Crippen molar-refractivity contribution in [3.05, 3.63) is 17.5 Å². The molecule has 2 N–H and O–H groups in total. The highest BCUT2D eigenvalue weighted by Crippen LogP contribution is 2.35. The fourth-order valence-electron chi connectivity index (χ4n) is 1.84. The first-order valence-corrected chi connectivity index (χ1v) is 9.73. The molecule has 0 aliphatic carbocycles. The van der Waals surface area contributed by atoms with E-state index >= 15 is 0 Å². The Morgan fingerprint density at radius 3 is 2.63 bits per heavy atom. The first kappa shape index (κ1) is 17.4. The number of hydrogen-bond acceptors (Lipinski definition) is 5. The largest absolute Gasteiger partial charge is 0.379 e. The second-order valence-electron chi connectivity index (χ2n) is 4.36. The van der Waals surface area contributed by atoms with Crippen LogP contribution in [-0.4, -0.2) is 36.5 Å². The molecule has 2 nitrogen and oxygen atoms in total. The highest BCUT2D eigenvalue weighted by Gasteiger charge is 2.16. The summed E-state index contributed by atoms with van der Waals surface area (Å²) in [7, 11) is 1.50. The molecule has 2 fully saturated rings. The molecule has 2 unspecified atom stereocenters. The van der Waals surface area contributed by atoms with Crippen molar-refractivity contribution in [3.63, 3.8) is 0 Å². The summed E-state index contributed by atoms with van der Waals surface area (Å²) in [6, 6.07) is 4.35. The van der Waals surface area contributed by atoms with Gasteiger partial charge in [-0.2, -0.15) is 11.8 Å². The number of rotatable bonds is 2. The van der Waals surface area contributed by atoms with Crippen LogP contribution in [0.15, 0.2) is 21.7 Å². The lowest BCUT2D eigenvalue weighted by Gasteiger charge is -2.03. The molecular weight excluding hydrogens is 294 g/mol. The van der Waals surface area contributed by atoms with Crippen molar-refractivity contribution in [2.75, 3.05) is 25.2 Å². The third-order valence-corrected chi connectivity index (χ3v) is 6.54. The molecule has 0 radical (unpaired) electrons. The Labute approximate surface area is 129 Å². The van der Waals surface area contributed by atoms with Crippen molar-refractivity contribution in [2.45, 2.75) is 41.7 Å². The summed E-state index contributed by atoms with van der Waals surface area (Å²) >= 11 is 6.01. The van der Waals surface area contributed by atoms with Crippen molar-refractivity contribution in [1.82, 2.24) is 0 Å². The average Bonchev–Trinajstić information content (AvgIpc) is 3.16. The molecule has 110 valence electrons. The van der Waals surface area contributed by atoms with Gasteiger partial charge in [-0.05, 0) is 50.4 Å². The van der Waals surface area contributed by atoms with Crippen LogP contribution in [0.25, 0.3) is 0 Å². The average molecular weight is 320 g/mol. The Morgan fingerprint density at radius 1 is 1.37 bits per heavy atom. The minimum atomic E-state index is 0.546. The number of ether oxygens (including phenoxy) is 1. The standard InChI is InChI=1S/C8H10S3.C5H10O.CH5N/c1-2-8(10-4-1)11-7-3-5-9-6-7;1-5-3-2-4-6-5;1-2/h1-2,4,7H,3,5-6H2;5H,2-4H2,1H3;2H2,1H3. The Balaban J connectivity index is 0.000000192. The zero-order valence-corrected chi connectivity index (χ0v) is 14.3. The quantitative estimate of drug-likeness (QED) is 0.890. The Hall–Kier alpha value is 0.320. The second kappa shape index (κ2) is 11.0. The maximum Gasteiger partial charge on any atom is 0.0601 e. The molecule has 2 saturated heterocycles. The summed E-state index contributed by atoms with van der Waals surface area (Å²) in [5.74, 6) is 2.71. The predicted molar refractivity (Wildman–Crippen MR) is 90.7 cm³/mol. The summed E-state index contributed by atoms with van der Waals surface area (Å²) in [4.78, 5) is 0. The second-order valence-corrected chi connectivity index (χ2v) is 8.06. The molecule has 0 bridgehead atoms. The van der Waals surface area contributed by atoms with Gasteiger partial charge in [0.05, 0.1) is 10.3 Å². The lowest BCUT2D eigenvalue weighted by atomic mass is 10.3. The normalized spacial score (nSPS) is 25.2. The fraction of sp³-hybridized carbons (Fsp3) is 0.714. The molecule has 2 aliphatic rings. The molecule has 3 rings (SSSR count). The van der Waals surface area contributed by atoms with E-state index in [1.165, 1.54) is 42.0 Å². The van der Waals surface area contributed by atoms with E-state index < -0.39 is 0 Å². The van der Waals surface area contributed by atoms with Gasteiger partial charge in [-0.25, -0.2) is 0 Å². The van der Waals surface area contributed by atoms with Crippen LogP contribution in [0.5, 0.6) is 0 Å². The monoisotopic (exact) mass is 319 g/mol. The van der Waals surface area contributed by atoms with Crippen LogP contribution in [0.4, 0.5) is 0 Å². The Kier molecular flexibility index (Phi) is 10.1. The highest BCUT2D eigenvalue weighted by molar-refractivity contribution is 8.05. The van der Waals surface area contributed by atoms with Gasteiger partial charge in [-0.1, -0.05) is 6.07 Å². The molecule has 1 aromatic heterocycles. The molecule has 3 heterocycles. The van der Waals surface area contributed by atoms with Gasteiger partial charge in [0.1, 0.15) is 0 Å². The van der Waals surface area contributed by atoms with Gasteiger partial charge in [-0.15, -0.1) is 23.1 Å². The topological polar surface area (TPSA) is 35.2 Å². The lowest BCUT2D eigenvalue weighted by Crippen LogP contribution is -1.96. The predicted octanol–water partition coefficient (Wildman–Crippen LogP) is 4.11. The van der Waals surface area contributed by atoms with Crippen molar-refractivity contribution in [2.24, 2.45) is 5.73 Å². The SMILES string of the molecule is CC1CCCO1.CN.c1csc(SC2CCSC2)c1. The van der Waals surface area contributed by atoms with Crippen molar-refractivity contribution in [1.29, 1.82) is 0 Å². The van der Waals surface area contributed by atoms with E-state index in [0.29, 0.717) is 6.10 Å². The van der Waals surface area contributed by atoms with Crippen LogP contribution >= 0.6 is 34.9 Å². The minimum Gasteiger partial charge on any atom is -0.379 e. The maximum absolute atomic E-state index is 5.15. The first-order chi connectivity index (χ1) is 9.34. The Bertz CT molecular complexity index is 294. The molecule has 0 aromatic carbocycles. The molecular formula is C14H25NOS3. The van der Waals surface area contributed by atoms with Gasteiger partial charge < -0.3 is 10.5 Å². The molecule has 5 heteroatoms. The number of thiophene rings is 1. The third-order valence-electron chi connectivity index (χ3n) is 2.82. The summed E-state index contributed by atoms with van der Waals surface area (Å²) < 4.78 is 6.64. The lowest BCUT2D eigenvalue weighted by molar-refractivity contribution is 0.125. The van der Waals surface area contributed by atoms with Gasteiger partial charge in [0.25, 0.3) is 0 Å². The van der Waals surface area contributed by atoms with Crippen molar-refractivity contribution in [3.8, 4) is 0 Å². The van der Waals surface area contributed by atoms with Crippen LogP contribution in [0.3, 0.4) is 0 Å². The van der Waals surface area contributed by atoms with Crippen molar-refractivity contribution >= 4 is 34.9 Å². The summed E-state index contributed by atoms with van der Waals surface area (Å²) in [6.07, 6.45) is 4.47. The fourth-order valence-corrected chi connectivity index (χ4v) is 5.56. The summed E-state index contributed by atoms with van der Waals surface area (Å²) in [5.41, 5.74) is 4.50. The van der Waals surface area contributed by atoms with Gasteiger partial charge >= 0.3 is 0 Å². The number of hydrogen-bond donors (Lipinski definition) is 1. The van der Waals surface area contributed by atoms with E-state index in [4.69, 9.17) is 4.74 Å². The Morgan fingerprint density at radius 2 is 2.21 bits per heavy atom. The van der Waals surface area contributed by atoms with Crippen molar-refractivity contribution < 1.29 is 4.74 Å². The minimum absolute atomic E-state index is 0.546. The maximum atomic E-state index is 5.15. The number of thioether (sulfide) groups is 2. The van der Waals surface area contributed by atoms with Crippen LogP contribution in [0, 0.1) is 0 Å². The van der Waals surface area contributed by atoms with E-state index in [9.17, 15) is 0 Å². The molecule has 19 heavy (non-hydrogen) atoms.